The first-order chi connectivity index (χ1) is 9.51. The molecule has 0 aliphatic carbocycles. The SMILES string of the molecule is CCCCC(NC(=O)NCCC(=O)NCCC)C(=O)O. The quantitative estimate of drug-likeness (QED) is 0.477. The van der Waals surface area contributed by atoms with E-state index >= 15 is 0 Å². The van der Waals surface area contributed by atoms with Crippen molar-refractivity contribution in [1.82, 2.24) is 16.0 Å². The minimum Gasteiger partial charge on any atom is -0.480 e. The van der Waals surface area contributed by atoms with Crippen molar-refractivity contribution in [3.05, 3.63) is 0 Å². The third kappa shape index (κ3) is 9.18. The topological polar surface area (TPSA) is 108 Å². The molecule has 0 aromatic rings. The minimum absolute atomic E-state index is 0.132. The average molecular weight is 287 g/mol. The lowest BCUT2D eigenvalue weighted by molar-refractivity contribution is -0.139. The van der Waals surface area contributed by atoms with Crippen molar-refractivity contribution in [3.63, 3.8) is 0 Å². The molecule has 0 fully saturated rings. The molecule has 0 rings (SSSR count). The third-order valence-corrected chi connectivity index (χ3v) is 2.66. The van der Waals surface area contributed by atoms with Crippen molar-refractivity contribution in [3.8, 4) is 0 Å². The van der Waals surface area contributed by atoms with Gasteiger partial charge in [-0.05, 0) is 12.8 Å². The van der Waals surface area contributed by atoms with Crippen LogP contribution in [-0.4, -0.2) is 42.1 Å². The second-order valence-corrected chi connectivity index (χ2v) is 4.53. The lowest BCUT2D eigenvalue weighted by atomic mass is 10.1. The highest BCUT2D eigenvalue weighted by Gasteiger charge is 2.18. The van der Waals surface area contributed by atoms with Gasteiger partial charge >= 0.3 is 12.0 Å². The van der Waals surface area contributed by atoms with Gasteiger partial charge in [-0.2, -0.15) is 0 Å². The number of hydrogen-bond acceptors (Lipinski definition) is 3. The van der Waals surface area contributed by atoms with Crippen molar-refractivity contribution in [2.45, 2.75) is 52.0 Å². The number of amides is 3. The molecule has 3 amide bonds. The molecule has 0 heterocycles. The Morgan fingerprint density at radius 2 is 1.75 bits per heavy atom. The first-order valence-electron chi connectivity index (χ1n) is 7.05. The zero-order valence-electron chi connectivity index (χ0n) is 12.2. The number of aliphatic carboxylic acids is 1. The van der Waals surface area contributed by atoms with Crippen LogP contribution in [0, 0.1) is 0 Å². The summed E-state index contributed by atoms with van der Waals surface area (Å²) in [5.41, 5.74) is 0. The van der Waals surface area contributed by atoms with Gasteiger partial charge in [0.1, 0.15) is 6.04 Å². The molecule has 0 radical (unpaired) electrons. The number of carboxylic acid groups (broad SMARTS) is 1. The van der Waals surface area contributed by atoms with Gasteiger partial charge in [0.15, 0.2) is 0 Å². The van der Waals surface area contributed by atoms with E-state index in [2.05, 4.69) is 16.0 Å². The largest absolute Gasteiger partial charge is 0.480 e. The molecule has 7 heteroatoms. The fourth-order valence-corrected chi connectivity index (χ4v) is 1.52. The summed E-state index contributed by atoms with van der Waals surface area (Å²) in [7, 11) is 0. The molecular formula is C13H25N3O4. The number of urea groups is 1. The minimum atomic E-state index is -1.05. The maximum absolute atomic E-state index is 11.5. The van der Waals surface area contributed by atoms with E-state index in [1.807, 2.05) is 13.8 Å². The molecule has 1 unspecified atom stereocenters. The van der Waals surface area contributed by atoms with Crippen LogP contribution < -0.4 is 16.0 Å². The van der Waals surface area contributed by atoms with E-state index in [0.29, 0.717) is 13.0 Å². The van der Waals surface area contributed by atoms with E-state index in [4.69, 9.17) is 5.11 Å². The Kier molecular flexibility index (Phi) is 10.1. The predicted molar refractivity (Wildman–Crippen MR) is 75.4 cm³/mol. The molecule has 0 saturated heterocycles. The highest BCUT2D eigenvalue weighted by Crippen LogP contribution is 2.00. The van der Waals surface area contributed by atoms with Crippen LogP contribution in [0.4, 0.5) is 4.79 Å². The highest BCUT2D eigenvalue weighted by molar-refractivity contribution is 5.83. The van der Waals surface area contributed by atoms with Crippen LogP contribution in [0.15, 0.2) is 0 Å². The maximum atomic E-state index is 11.5. The lowest BCUT2D eigenvalue weighted by Gasteiger charge is -2.14. The van der Waals surface area contributed by atoms with Gasteiger partial charge in [-0.1, -0.05) is 26.7 Å². The summed E-state index contributed by atoms with van der Waals surface area (Å²) >= 11 is 0. The lowest BCUT2D eigenvalue weighted by Crippen LogP contribution is -2.46. The van der Waals surface area contributed by atoms with Crippen LogP contribution in [0.3, 0.4) is 0 Å². The van der Waals surface area contributed by atoms with E-state index in [-0.39, 0.29) is 18.9 Å². The van der Waals surface area contributed by atoms with Gasteiger partial charge in [-0.25, -0.2) is 9.59 Å². The number of hydrogen-bond donors (Lipinski definition) is 4. The van der Waals surface area contributed by atoms with Crippen LogP contribution in [0.2, 0.25) is 0 Å². The summed E-state index contributed by atoms with van der Waals surface area (Å²) in [5, 5.41) is 16.5. The van der Waals surface area contributed by atoms with E-state index in [0.717, 1.165) is 19.3 Å². The summed E-state index contributed by atoms with van der Waals surface area (Å²) < 4.78 is 0. The van der Waals surface area contributed by atoms with Crippen LogP contribution in [0.25, 0.3) is 0 Å². The predicted octanol–water partition coefficient (Wildman–Crippen LogP) is 0.845. The van der Waals surface area contributed by atoms with Crippen LogP contribution in [0.1, 0.15) is 46.0 Å². The Morgan fingerprint density at radius 3 is 2.30 bits per heavy atom. The number of rotatable bonds is 10. The monoisotopic (exact) mass is 287 g/mol. The van der Waals surface area contributed by atoms with Crippen LogP contribution in [-0.2, 0) is 9.59 Å². The molecule has 0 saturated carbocycles. The number of nitrogens with one attached hydrogen (secondary N) is 3. The molecule has 1 atom stereocenters. The molecule has 7 nitrogen and oxygen atoms in total. The first kappa shape index (κ1) is 18.2. The Balaban J connectivity index is 3.90. The number of carbonyl (C=O) groups excluding carboxylic acids is 2. The van der Waals surface area contributed by atoms with Gasteiger partial charge < -0.3 is 21.1 Å². The number of carbonyl (C=O) groups is 3. The second kappa shape index (κ2) is 11.1. The zero-order valence-corrected chi connectivity index (χ0v) is 12.2. The average Bonchev–Trinajstić information content (AvgIpc) is 2.40. The summed E-state index contributed by atoms with van der Waals surface area (Å²) in [6.45, 7) is 4.70. The van der Waals surface area contributed by atoms with Gasteiger partial charge in [0.25, 0.3) is 0 Å². The molecule has 0 aromatic heterocycles. The third-order valence-electron chi connectivity index (χ3n) is 2.66. The van der Waals surface area contributed by atoms with Crippen LogP contribution in [0.5, 0.6) is 0 Å². The van der Waals surface area contributed by atoms with E-state index in [9.17, 15) is 14.4 Å². The maximum Gasteiger partial charge on any atom is 0.326 e. The van der Waals surface area contributed by atoms with Gasteiger partial charge in [0, 0.05) is 19.5 Å². The van der Waals surface area contributed by atoms with E-state index in [1.165, 1.54) is 0 Å². The summed E-state index contributed by atoms with van der Waals surface area (Å²) in [5.74, 6) is -1.18. The molecule has 0 aliphatic heterocycles. The first-order valence-corrected chi connectivity index (χ1v) is 7.05. The summed E-state index contributed by atoms with van der Waals surface area (Å²) in [6.07, 6.45) is 3.04. The summed E-state index contributed by atoms with van der Waals surface area (Å²) in [4.78, 5) is 33.7. The molecule has 0 spiro atoms. The normalized spacial score (nSPS) is 11.5. The highest BCUT2D eigenvalue weighted by atomic mass is 16.4. The van der Waals surface area contributed by atoms with E-state index < -0.39 is 18.0 Å². The molecule has 0 aromatic carbocycles. The summed E-state index contributed by atoms with van der Waals surface area (Å²) in [6, 6.07) is -1.44. The zero-order chi connectivity index (χ0) is 15.4. The molecule has 0 bridgehead atoms. The number of unbranched alkanes of at least 4 members (excludes halogenated alkanes) is 1. The van der Waals surface area contributed by atoms with Crippen LogP contribution >= 0.6 is 0 Å². The van der Waals surface area contributed by atoms with Gasteiger partial charge in [0.2, 0.25) is 5.91 Å². The molecule has 4 N–H and O–H groups in total. The smallest absolute Gasteiger partial charge is 0.326 e. The fourth-order valence-electron chi connectivity index (χ4n) is 1.52. The van der Waals surface area contributed by atoms with Crippen molar-refractivity contribution in [2.75, 3.05) is 13.1 Å². The molecule has 0 aliphatic rings. The van der Waals surface area contributed by atoms with Crippen molar-refractivity contribution in [2.24, 2.45) is 0 Å². The Morgan fingerprint density at radius 1 is 1.05 bits per heavy atom. The molecule has 20 heavy (non-hydrogen) atoms. The second-order valence-electron chi connectivity index (χ2n) is 4.53. The Bertz CT molecular complexity index is 321. The Hall–Kier alpha value is -1.79. The van der Waals surface area contributed by atoms with Crippen molar-refractivity contribution >= 4 is 17.9 Å². The van der Waals surface area contributed by atoms with Gasteiger partial charge in [-0.15, -0.1) is 0 Å². The standard InChI is InChI=1S/C13H25N3O4/c1-3-5-6-10(12(18)19)16-13(20)15-9-7-11(17)14-8-4-2/h10H,3-9H2,1-2H3,(H,14,17)(H,18,19)(H2,15,16,20). The van der Waals surface area contributed by atoms with Crippen molar-refractivity contribution in [1.29, 1.82) is 0 Å². The van der Waals surface area contributed by atoms with Gasteiger partial charge in [0.05, 0.1) is 0 Å². The van der Waals surface area contributed by atoms with Gasteiger partial charge in [-0.3, -0.25) is 4.79 Å². The molecule has 116 valence electrons. The molecular weight excluding hydrogens is 262 g/mol. The van der Waals surface area contributed by atoms with E-state index in [1.54, 1.807) is 0 Å². The van der Waals surface area contributed by atoms with Crippen molar-refractivity contribution < 1.29 is 19.5 Å². The number of carboxylic acids is 1. The Labute approximate surface area is 119 Å². The fraction of sp³-hybridized carbons (Fsp3) is 0.769.